The molecular weight excluding hydrogens is 396 g/mol. The number of nitrogens with zero attached hydrogens (tertiary/aromatic N) is 3. The zero-order chi connectivity index (χ0) is 18.5. The molecule has 0 atom stereocenters. The number of fused-ring (bicyclic) bond motifs is 1. The number of carbonyl (C=O) groups is 2. The van der Waals surface area contributed by atoms with Crippen molar-refractivity contribution >= 4 is 62.8 Å². The van der Waals surface area contributed by atoms with Crippen LogP contribution in [0.2, 0.25) is 0 Å². The first-order valence-corrected chi connectivity index (χ1v) is 10.0. The van der Waals surface area contributed by atoms with Crippen molar-refractivity contribution < 1.29 is 14.3 Å². The molecule has 9 nitrogen and oxygen atoms in total. The van der Waals surface area contributed by atoms with Crippen molar-refractivity contribution in [3.63, 3.8) is 0 Å². The topological polar surface area (TPSA) is 136 Å². The molecule has 4 N–H and O–H groups in total. The minimum atomic E-state index is -0.435. The van der Waals surface area contributed by atoms with Gasteiger partial charge >= 0.3 is 0 Å². The average Bonchev–Trinajstić information content (AvgIpc) is 3.23. The Kier molecular flexibility index (Phi) is 5.96. The zero-order valence-electron chi connectivity index (χ0n) is 13.5. The molecule has 0 aliphatic carbocycles. The molecular formula is C14H14N6O3S3. The summed E-state index contributed by atoms with van der Waals surface area (Å²) in [7, 11) is 1.60. The number of benzene rings is 1. The maximum absolute atomic E-state index is 12.0. The van der Waals surface area contributed by atoms with Gasteiger partial charge in [-0.25, -0.2) is 4.98 Å². The molecule has 2 heterocycles. The van der Waals surface area contributed by atoms with Crippen LogP contribution < -0.4 is 15.8 Å². The van der Waals surface area contributed by atoms with Crippen LogP contribution in [0.4, 0.5) is 5.13 Å². The van der Waals surface area contributed by atoms with Gasteiger partial charge in [0, 0.05) is 6.07 Å². The van der Waals surface area contributed by atoms with Gasteiger partial charge in [0.15, 0.2) is 9.50 Å². The van der Waals surface area contributed by atoms with Crippen LogP contribution in [0.1, 0.15) is 0 Å². The number of primary amides is 1. The van der Waals surface area contributed by atoms with Crippen LogP contribution in [0, 0.1) is 0 Å². The van der Waals surface area contributed by atoms with Crippen LogP contribution in [-0.4, -0.2) is 50.6 Å². The molecule has 0 spiro atoms. The van der Waals surface area contributed by atoms with Crippen molar-refractivity contribution in [2.45, 2.75) is 9.50 Å². The predicted molar refractivity (Wildman–Crippen MR) is 102 cm³/mol. The molecule has 2 aromatic heterocycles. The molecule has 3 rings (SSSR count). The van der Waals surface area contributed by atoms with Gasteiger partial charge in [0.1, 0.15) is 5.75 Å². The number of hydrogen-bond donors (Lipinski definition) is 3. The summed E-state index contributed by atoms with van der Waals surface area (Å²) in [4.78, 5) is 30.3. The molecule has 0 radical (unpaired) electrons. The molecule has 0 bridgehead atoms. The molecule has 3 aromatic rings. The van der Waals surface area contributed by atoms with Gasteiger partial charge in [-0.15, -0.1) is 10.2 Å². The summed E-state index contributed by atoms with van der Waals surface area (Å²) >= 11 is 3.65. The molecule has 1 aromatic carbocycles. The fourth-order valence-corrected chi connectivity index (χ4v) is 4.09. The largest absolute Gasteiger partial charge is 0.497 e. The number of rotatable bonds is 8. The minimum Gasteiger partial charge on any atom is -0.497 e. The van der Waals surface area contributed by atoms with Crippen LogP contribution in [0.25, 0.3) is 11.0 Å². The number of aromatic amines is 1. The number of aromatic nitrogens is 4. The first-order chi connectivity index (χ1) is 12.5. The Morgan fingerprint density at radius 2 is 2.15 bits per heavy atom. The maximum atomic E-state index is 12.0. The highest BCUT2D eigenvalue weighted by molar-refractivity contribution is 8.01. The second kappa shape index (κ2) is 8.38. The lowest BCUT2D eigenvalue weighted by Crippen LogP contribution is -2.13. The number of imidazole rings is 1. The molecule has 26 heavy (non-hydrogen) atoms. The third-order valence-electron chi connectivity index (χ3n) is 3.00. The van der Waals surface area contributed by atoms with Crippen LogP contribution >= 0.6 is 34.9 Å². The predicted octanol–water partition coefficient (Wildman–Crippen LogP) is 1.73. The Morgan fingerprint density at radius 3 is 2.92 bits per heavy atom. The zero-order valence-corrected chi connectivity index (χ0v) is 16.0. The van der Waals surface area contributed by atoms with E-state index in [-0.39, 0.29) is 17.4 Å². The van der Waals surface area contributed by atoms with Gasteiger partial charge in [-0.3, -0.25) is 14.9 Å². The van der Waals surface area contributed by atoms with Gasteiger partial charge in [0.2, 0.25) is 16.9 Å². The van der Waals surface area contributed by atoms with Gasteiger partial charge in [-0.05, 0) is 12.1 Å². The van der Waals surface area contributed by atoms with E-state index in [1.165, 1.54) is 34.9 Å². The Bertz CT molecular complexity index is 941. The van der Waals surface area contributed by atoms with Gasteiger partial charge in [0.05, 0.1) is 29.6 Å². The van der Waals surface area contributed by atoms with E-state index in [2.05, 4.69) is 25.5 Å². The fourth-order valence-electron chi connectivity index (χ4n) is 1.90. The van der Waals surface area contributed by atoms with Crippen molar-refractivity contribution in [1.82, 2.24) is 20.2 Å². The number of nitrogens with two attached hydrogens (primary N) is 1. The smallest absolute Gasteiger partial charge is 0.236 e. The van der Waals surface area contributed by atoms with Crippen LogP contribution in [0.5, 0.6) is 5.75 Å². The summed E-state index contributed by atoms with van der Waals surface area (Å²) in [6.07, 6.45) is 0. The van der Waals surface area contributed by atoms with E-state index in [1.54, 1.807) is 7.11 Å². The number of hydrogen-bond acceptors (Lipinski definition) is 9. The van der Waals surface area contributed by atoms with Crippen molar-refractivity contribution in [3.8, 4) is 5.75 Å². The van der Waals surface area contributed by atoms with Gasteiger partial charge < -0.3 is 15.5 Å². The average molecular weight is 411 g/mol. The van der Waals surface area contributed by atoms with E-state index < -0.39 is 5.91 Å². The number of carbonyl (C=O) groups excluding carboxylic acids is 2. The summed E-state index contributed by atoms with van der Waals surface area (Å²) in [6, 6.07) is 5.52. The van der Waals surface area contributed by atoms with Crippen molar-refractivity contribution in [3.05, 3.63) is 18.2 Å². The monoisotopic (exact) mass is 410 g/mol. The van der Waals surface area contributed by atoms with Gasteiger partial charge in [0.25, 0.3) is 0 Å². The van der Waals surface area contributed by atoms with E-state index >= 15 is 0 Å². The second-order valence-electron chi connectivity index (χ2n) is 4.89. The Hall–Kier alpha value is -2.31. The quantitative estimate of drug-likeness (QED) is 0.377. The molecule has 0 aliphatic rings. The van der Waals surface area contributed by atoms with Crippen LogP contribution in [0.15, 0.2) is 27.7 Å². The highest BCUT2D eigenvalue weighted by atomic mass is 32.2. The Balaban J connectivity index is 1.53. The standard InChI is InChI=1S/C14H14N6O3S3/c1-23-7-2-3-8-9(4-7)17-12(16-8)24-6-11(22)18-13-19-20-14(26-13)25-5-10(15)21/h2-4H,5-6H2,1H3,(H2,15,21)(H,16,17)(H,18,19,22). The second-order valence-corrected chi connectivity index (χ2v) is 8.05. The highest BCUT2D eigenvalue weighted by Gasteiger charge is 2.11. The first-order valence-electron chi connectivity index (χ1n) is 7.24. The molecule has 0 saturated carbocycles. The number of amides is 2. The number of methoxy groups -OCH3 is 1. The van der Waals surface area contributed by atoms with Gasteiger partial charge in [-0.2, -0.15) is 0 Å². The summed E-state index contributed by atoms with van der Waals surface area (Å²) in [6.45, 7) is 0. The first kappa shape index (κ1) is 18.5. The van der Waals surface area contributed by atoms with Crippen molar-refractivity contribution in [2.24, 2.45) is 5.73 Å². The molecule has 12 heteroatoms. The SMILES string of the molecule is COc1ccc2nc(SCC(=O)Nc3nnc(SCC(N)=O)s3)[nH]c2c1. The van der Waals surface area contributed by atoms with E-state index in [1.807, 2.05) is 18.2 Å². The van der Waals surface area contributed by atoms with Gasteiger partial charge in [-0.1, -0.05) is 34.9 Å². The highest BCUT2D eigenvalue weighted by Crippen LogP contribution is 2.26. The summed E-state index contributed by atoms with van der Waals surface area (Å²) < 4.78 is 5.74. The molecule has 0 fully saturated rings. The lowest BCUT2D eigenvalue weighted by atomic mass is 10.3. The van der Waals surface area contributed by atoms with Crippen LogP contribution in [-0.2, 0) is 9.59 Å². The number of ether oxygens (including phenoxy) is 1. The van der Waals surface area contributed by atoms with Crippen LogP contribution in [0.3, 0.4) is 0 Å². The number of H-pyrrole nitrogens is 1. The lowest BCUT2D eigenvalue weighted by molar-refractivity contribution is -0.115. The minimum absolute atomic E-state index is 0.120. The van der Waals surface area contributed by atoms with E-state index in [4.69, 9.17) is 10.5 Å². The molecule has 0 saturated heterocycles. The maximum Gasteiger partial charge on any atom is 0.236 e. The third kappa shape index (κ3) is 4.86. The number of thioether (sulfide) groups is 2. The van der Waals surface area contributed by atoms with E-state index in [0.29, 0.717) is 14.6 Å². The van der Waals surface area contributed by atoms with E-state index in [0.717, 1.165) is 16.8 Å². The van der Waals surface area contributed by atoms with E-state index in [9.17, 15) is 9.59 Å². The molecule has 2 amide bonds. The number of anilines is 1. The normalized spacial score (nSPS) is 10.8. The Morgan fingerprint density at radius 1 is 1.31 bits per heavy atom. The third-order valence-corrected chi connectivity index (χ3v) is 5.87. The molecule has 0 unspecified atom stereocenters. The Labute approximate surface area is 160 Å². The summed E-state index contributed by atoms with van der Waals surface area (Å²) in [5, 5.41) is 11.4. The summed E-state index contributed by atoms with van der Waals surface area (Å²) in [5.41, 5.74) is 6.72. The molecule has 0 aliphatic heterocycles. The summed E-state index contributed by atoms with van der Waals surface area (Å²) in [5.74, 6) is 0.359. The molecule has 136 valence electrons. The van der Waals surface area contributed by atoms with Crippen molar-refractivity contribution in [1.29, 1.82) is 0 Å². The fraction of sp³-hybridized carbons (Fsp3) is 0.214. The number of nitrogens with one attached hydrogen (secondary N) is 2. The van der Waals surface area contributed by atoms with Crippen molar-refractivity contribution in [2.75, 3.05) is 23.9 Å². The lowest BCUT2D eigenvalue weighted by Gasteiger charge is -1.98.